The number of carbonyl (C=O) groups is 5. The van der Waals surface area contributed by atoms with E-state index in [2.05, 4.69) is 34.1 Å². The van der Waals surface area contributed by atoms with E-state index in [4.69, 9.17) is 4.74 Å². The Labute approximate surface area is 311 Å². The van der Waals surface area contributed by atoms with Crippen molar-refractivity contribution in [3.63, 3.8) is 0 Å². The van der Waals surface area contributed by atoms with Gasteiger partial charge in [-0.2, -0.15) is 0 Å². The van der Waals surface area contributed by atoms with Crippen LogP contribution in [0.25, 0.3) is 6.08 Å². The molecule has 3 aliphatic heterocycles. The van der Waals surface area contributed by atoms with Crippen molar-refractivity contribution in [1.29, 1.82) is 0 Å². The highest BCUT2D eigenvalue weighted by Crippen LogP contribution is 2.45. The van der Waals surface area contributed by atoms with Gasteiger partial charge in [-0.15, -0.1) is 6.58 Å². The van der Waals surface area contributed by atoms with Crippen LogP contribution in [0, 0.1) is 11.8 Å². The van der Waals surface area contributed by atoms with E-state index >= 15 is 0 Å². The standard InChI is InChI=1S/C39H51N5O8S/c1-2-28-21-39(28,37(48)42-53(50,51)30-18-19-30)41-35(46)32-20-29-23-44(32)36(47)34(26-13-8-6-9-14-26)40-33(45)17-10-5-3-4-7-12-25-15-11-16-27-22-43(24-31(25)27)38(49)52-29/h2,7,11-12,15-16,26,28-30,32,34H,1,3-6,8-10,13-14,17-24H2,(H,40,45)(H,41,46)(H,42,48)/t28-,29-,32+,34+,39-/m1/s1. The van der Waals surface area contributed by atoms with Crippen molar-refractivity contribution in [2.24, 2.45) is 11.8 Å². The molecule has 3 N–H and O–H groups in total. The molecular formula is C39H51N5O8S. The Morgan fingerprint density at radius 3 is 2.51 bits per heavy atom. The molecule has 0 aromatic heterocycles. The molecule has 1 aromatic carbocycles. The van der Waals surface area contributed by atoms with Gasteiger partial charge >= 0.3 is 6.09 Å². The number of benzene rings is 1. The molecule has 0 radical (unpaired) electrons. The lowest BCUT2D eigenvalue weighted by molar-refractivity contribution is -0.143. The highest BCUT2D eigenvalue weighted by Gasteiger charge is 2.62. The van der Waals surface area contributed by atoms with Crippen molar-refractivity contribution < 1.29 is 37.1 Å². The number of carbonyl (C=O) groups excluding carboxylic acids is 5. The molecule has 3 aliphatic carbocycles. The molecule has 4 bridgehead atoms. The smallest absolute Gasteiger partial charge is 0.410 e. The van der Waals surface area contributed by atoms with E-state index in [1.807, 2.05) is 18.2 Å². The lowest BCUT2D eigenvalue weighted by Crippen LogP contribution is -2.59. The van der Waals surface area contributed by atoms with Gasteiger partial charge in [-0.25, -0.2) is 13.2 Å². The number of ether oxygens (including phenoxy) is 1. The van der Waals surface area contributed by atoms with Gasteiger partial charge in [-0.1, -0.05) is 62.1 Å². The zero-order chi connectivity index (χ0) is 37.3. The van der Waals surface area contributed by atoms with Gasteiger partial charge in [0.25, 0.3) is 5.91 Å². The summed E-state index contributed by atoms with van der Waals surface area (Å²) >= 11 is 0. The summed E-state index contributed by atoms with van der Waals surface area (Å²) in [6, 6.07) is 3.99. The lowest BCUT2D eigenvalue weighted by atomic mass is 9.83. The number of nitrogens with zero attached hydrogens (tertiary/aromatic N) is 2. The molecular weight excluding hydrogens is 699 g/mol. The summed E-state index contributed by atoms with van der Waals surface area (Å²) in [4.78, 5) is 72.5. The maximum Gasteiger partial charge on any atom is 0.410 e. The zero-order valence-electron chi connectivity index (χ0n) is 30.2. The summed E-state index contributed by atoms with van der Waals surface area (Å²) in [5.74, 6) is -2.76. The van der Waals surface area contributed by atoms with Crippen LogP contribution in [0.15, 0.2) is 36.9 Å². The number of hydrogen-bond acceptors (Lipinski definition) is 8. The van der Waals surface area contributed by atoms with E-state index in [9.17, 15) is 32.4 Å². The third-order valence-corrected chi connectivity index (χ3v) is 13.7. The monoisotopic (exact) mass is 749 g/mol. The molecule has 7 rings (SSSR count). The molecule has 1 aromatic rings. The molecule has 286 valence electrons. The topological polar surface area (TPSA) is 171 Å². The first-order valence-electron chi connectivity index (χ1n) is 19.3. The molecule has 6 aliphatic rings. The average molecular weight is 750 g/mol. The fourth-order valence-corrected chi connectivity index (χ4v) is 9.92. The van der Waals surface area contributed by atoms with Crippen LogP contribution in [0.2, 0.25) is 0 Å². The summed E-state index contributed by atoms with van der Waals surface area (Å²) < 4.78 is 33.6. The summed E-state index contributed by atoms with van der Waals surface area (Å²) in [6.07, 6.45) is 13.3. The first kappa shape index (κ1) is 37.1. The Morgan fingerprint density at radius 2 is 1.77 bits per heavy atom. The molecule has 5 atom stereocenters. The SMILES string of the molecule is C=C[C@@H]1C[C@]1(NC(=O)[C@@H]1C[C@@H]2CN1C(=O)[C@H](C1CCCCC1)NC(=O)CCCCCC=Cc1cccc3c1CN(C3)C(=O)O2)C(=O)NS(=O)(=O)C1CC1. The highest BCUT2D eigenvalue weighted by atomic mass is 32.2. The van der Waals surface area contributed by atoms with Crippen molar-refractivity contribution in [1.82, 2.24) is 25.2 Å². The second-order valence-corrected chi connectivity index (χ2v) is 17.7. The maximum absolute atomic E-state index is 14.7. The third kappa shape index (κ3) is 8.02. The molecule has 0 unspecified atom stereocenters. The van der Waals surface area contributed by atoms with Crippen molar-refractivity contribution in [2.75, 3.05) is 6.54 Å². The predicted octanol–water partition coefficient (Wildman–Crippen LogP) is 3.82. The van der Waals surface area contributed by atoms with Crippen LogP contribution in [0.1, 0.15) is 107 Å². The van der Waals surface area contributed by atoms with Crippen molar-refractivity contribution >= 4 is 45.8 Å². The Balaban J connectivity index is 1.16. The first-order chi connectivity index (χ1) is 25.5. The number of nitrogens with one attached hydrogen (secondary N) is 3. The Kier molecular flexibility index (Phi) is 10.7. The van der Waals surface area contributed by atoms with Gasteiger partial charge in [0.15, 0.2) is 0 Å². The normalized spacial score (nSPS) is 29.9. The molecule has 3 heterocycles. The van der Waals surface area contributed by atoms with E-state index in [0.717, 1.165) is 68.1 Å². The van der Waals surface area contributed by atoms with Crippen LogP contribution in [0.3, 0.4) is 0 Å². The van der Waals surface area contributed by atoms with Crippen molar-refractivity contribution in [3.05, 3.63) is 53.6 Å². The van der Waals surface area contributed by atoms with E-state index in [-0.39, 0.29) is 37.6 Å². The fourth-order valence-electron chi connectivity index (χ4n) is 8.55. The van der Waals surface area contributed by atoms with Gasteiger partial charge in [-0.05, 0) is 74.0 Å². The van der Waals surface area contributed by atoms with Crippen LogP contribution in [-0.4, -0.2) is 83.5 Å². The molecule has 53 heavy (non-hydrogen) atoms. The van der Waals surface area contributed by atoms with Gasteiger partial charge in [0.1, 0.15) is 23.7 Å². The second kappa shape index (κ2) is 15.3. The number of amides is 5. The highest BCUT2D eigenvalue weighted by molar-refractivity contribution is 7.91. The largest absolute Gasteiger partial charge is 0.444 e. The molecule has 1 saturated heterocycles. The minimum atomic E-state index is -3.89. The van der Waals surface area contributed by atoms with Gasteiger partial charge in [0.2, 0.25) is 27.7 Å². The zero-order valence-corrected chi connectivity index (χ0v) is 31.0. The molecule has 14 heteroatoms. The van der Waals surface area contributed by atoms with E-state index in [1.165, 1.54) is 11.0 Å². The van der Waals surface area contributed by atoms with Crippen LogP contribution in [-0.2, 0) is 47.0 Å². The molecule has 5 amide bonds. The van der Waals surface area contributed by atoms with Crippen LogP contribution >= 0.6 is 0 Å². The van der Waals surface area contributed by atoms with Gasteiger partial charge < -0.3 is 20.3 Å². The fraction of sp³-hybridized carbons (Fsp3) is 0.615. The number of allylic oxidation sites excluding steroid dienone is 1. The number of sulfonamides is 1. The molecule has 3 saturated carbocycles. The van der Waals surface area contributed by atoms with Gasteiger partial charge in [-0.3, -0.25) is 28.8 Å². The minimum Gasteiger partial charge on any atom is -0.444 e. The molecule has 4 fully saturated rings. The summed E-state index contributed by atoms with van der Waals surface area (Å²) in [6.45, 7) is 4.45. The molecule has 0 spiro atoms. The number of rotatable bonds is 7. The van der Waals surface area contributed by atoms with Crippen molar-refractivity contribution in [3.8, 4) is 0 Å². The van der Waals surface area contributed by atoms with Crippen molar-refractivity contribution in [2.45, 2.75) is 132 Å². The third-order valence-electron chi connectivity index (χ3n) is 11.9. The summed E-state index contributed by atoms with van der Waals surface area (Å²) in [5, 5.41) is 5.21. The summed E-state index contributed by atoms with van der Waals surface area (Å²) in [5.41, 5.74) is 1.58. The Morgan fingerprint density at radius 1 is 1.00 bits per heavy atom. The minimum absolute atomic E-state index is 0.0275. The number of fused-ring (bicyclic) bond motifs is 3. The van der Waals surface area contributed by atoms with E-state index in [0.29, 0.717) is 32.4 Å². The van der Waals surface area contributed by atoms with Crippen LogP contribution in [0.5, 0.6) is 0 Å². The summed E-state index contributed by atoms with van der Waals surface area (Å²) in [7, 11) is -3.89. The average Bonchev–Trinajstić information content (AvgIpc) is 4.04. The van der Waals surface area contributed by atoms with E-state index < -0.39 is 68.7 Å². The van der Waals surface area contributed by atoms with E-state index in [1.54, 1.807) is 4.90 Å². The first-order valence-corrected chi connectivity index (χ1v) is 20.9. The lowest BCUT2D eigenvalue weighted by Gasteiger charge is -2.35. The predicted molar refractivity (Wildman–Crippen MR) is 196 cm³/mol. The quantitative estimate of drug-likeness (QED) is 0.354. The Bertz CT molecular complexity index is 1790. The maximum atomic E-state index is 14.7. The second-order valence-electron chi connectivity index (χ2n) is 15.7. The van der Waals surface area contributed by atoms with Gasteiger partial charge in [0, 0.05) is 25.3 Å². The molecule has 13 nitrogen and oxygen atoms in total. The number of hydrogen-bond donors (Lipinski definition) is 3. The van der Waals surface area contributed by atoms with Crippen LogP contribution < -0.4 is 15.4 Å². The van der Waals surface area contributed by atoms with Crippen LogP contribution in [0.4, 0.5) is 4.79 Å². The van der Waals surface area contributed by atoms with Gasteiger partial charge in [0.05, 0.1) is 18.3 Å². The Hall–Kier alpha value is -4.20.